The molecule has 0 bridgehead atoms. The number of hydrogen-bond donors (Lipinski definition) is 0. The minimum Gasteiger partial charge on any atom is -0.267 e. The van der Waals surface area contributed by atoms with Crippen LogP contribution in [-0.2, 0) is 6.54 Å². The maximum Gasteiger partial charge on any atom is 0.287 e. The normalized spacial score (nSPS) is 12.4. The first-order valence-corrected chi connectivity index (χ1v) is 10.4. The predicted octanol–water partition coefficient (Wildman–Crippen LogP) is 4.12. The van der Waals surface area contributed by atoms with Crippen LogP contribution < -0.4 is 0 Å². The fourth-order valence-corrected chi connectivity index (χ4v) is 3.79. The molecule has 12 heteroatoms. The van der Waals surface area contributed by atoms with Gasteiger partial charge in [-0.1, -0.05) is 40.2 Å². The number of imide groups is 1. The Balaban J connectivity index is 1.81. The number of hydrazine groups is 1. The van der Waals surface area contributed by atoms with Crippen LogP contribution in [0.3, 0.4) is 0 Å². The standard InChI is InChI=1S/C22H13BrN4O7/c23-15-9-7-13(8-10-15)12-24(20(28)14-3-1-4-16(11-14)26(31)32)25-21(29)17-5-2-6-18(27(33)34)19(17)22(25)30/h1-11H,12H2. The van der Waals surface area contributed by atoms with Gasteiger partial charge in [0.1, 0.15) is 5.56 Å². The molecule has 0 spiro atoms. The zero-order valence-electron chi connectivity index (χ0n) is 17.1. The Morgan fingerprint density at radius 3 is 2.24 bits per heavy atom. The number of fused-ring (bicyclic) bond motifs is 1. The average molecular weight is 525 g/mol. The first-order valence-electron chi connectivity index (χ1n) is 9.66. The lowest BCUT2D eigenvalue weighted by molar-refractivity contribution is -0.385. The third-order valence-corrected chi connectivity index (χ3v) is 5.62. The molecule has 0 atom stereocenters. The van der Waals surface area contributed by atoms with Crippen molar-refractivity contribution in [1.82, 2.24) is 10.0 Å². The third kappa shape index (κ3) is 4.01. The van der Waals surface area contributed by atoms with Crippen molar-refractivity contribution in [2.24, 2.45) is 0 Å². The first-order chi connectivity index (χ1) is 16.2. The van der Waals surface area contributed by atoms with E-state index in [0.717, 1.165) is 21.6 Å². The number of non-ortho nitro benzene ring substituents is 1. The average Bonchev–Trinajstić information content (AvgIpc) is 3.08. The molecule has 11 nitrogen and oxygen atoms in total. The summed E-state index contributed by atoms with van der Waals surface area (Å²) >= 11 is 3.30. The second-order valence-electron chi connectivity index (χ2n) is 7.18. The lowest BCUT2D eigenvalue weighted by Crippen LogP contribution is -2.49. The number of carbonyl (C=O) groups is 3. The van der Waals surface area contributed by atoms with Crippen molar-refractivity contribution >= 4 is 45.0 Å². The van der Waals surface area contributed by atoms with Crippen LogP contribution in [0.5, 0.6) is 0 Å². The number of amides is 3. The molecule has 1 aliphatic heterocycles. The van der Waals surface area contributed by atoms with Gasteiger partial charge in [0.15, 0.2) is 0 Å². The van der Waals surface area contributed by atoms with Gasteiger partial charge in [0.2, 0.25) is 0 Å². The number of hydrogen-bond acceptors (Lipinski definition) is 7. The molecule has 4 rings (SSSR count). The van der Waals surface area contributed by atoms with Gasteiger partial charge < -0.3 is 0 Å². The molecular formula is C22H13BrN4O7. The second kappa shape index (κ2) is 8.83. The largest absolute Gasteiger partial charge is 0.287 e. The van der Waals surface area contributed by atoms with Crippen LogP contribution >= 0.6 is 15.9 Å². The van der Waals surface area contributed by atoms with Gasteiger partial charge in [-0.15, -0.1) is 0 Å². The molecule has 170 valence electrons. The maximum absolute atomic E-state index is 13.5. The number of rotatable bonds is 6. The molecule has 3 aromatic rings. The smallest absolute Gasteiger partial charge is 0.267 e. The SMILES string of the molecule is O=C(c1cccc([N+](=O)[O-])c1)N(Cc1ccc(Br)cc1)N1C(=O)c2cccc([N+](=O)[O-])c2C1=O. The van der Waals surface area contributed by atoms with Crippen molar-refractivity contribution in [2.45, 2.75) is 6.54 Å². The van der Waals surface area contributed by atoms with Gasteiger partial charge in [-0.2, -0.15) is 5.01 Å². The van der Waals surface area contributed by atoms with E-state index in [1.54, 1.807) is 24.3 Å². The monoisotopic (exact) mass is 524 g/mol. The summed E-state index contributed by atoms with van der Waals surface area (Å²) in [5, 5.41) is 24.0. The van der Waals surface area contributed by atoms with Crippen molar-refractivity contribution in [3.63, 3.8) is 0 Å². The molecule has 0 fully saturated rings. The van der Waals surface area contributed by atoms with Crippen LogP contribution in [0.15, 0.2) is 71.2 Å². The van der Waals surface area contributed by atoms with Crippen LogP contribution in [-0.4, -0.2) is 37.6 Å². The van der Waals surface area contributed by atoms with Gasteiger partial charge in [0.25, 0.3) is 29.1 Å². The molecule has 0 saturated carbocycles. The molecule has 0 aromatic heterocycles. The molecule has 3 aromatic carbocycles. The molecule has 0 unspecified atom stereocenters. The van der Waals surface area contributed by atoms with E-state index < -0.39 is 38.8 Å². The van der Waals surface area contributed by atoms with E-state index in [0.29, 0.717) is 10.6 Å². The zero-order chi connectivity index (χ0) is 24.6. The van der Waals surface area contributed by atoms with Crippen molar-refractivity contribution in [2.75, 3.05) is 0 Å². The Bertz CT molecular complexity index is 1370. The summed E-state index contributed by atoms with van der Waals surface area (Å²) < 4.78 is 0.754. The minimum absolute atomic E-state index is 0.141. The first kappa shape index (κ1) is 22.7. The number of benzene rings is 3. The maximum atomic E-state index is 13.5. The number of halogens is 1. The quantitative estimate of drug-likeness (QED) is 0.268. The Morgan fingerprint density at radius 1 is 0.912 bits per heavy atom. The van der Waals surface area contributed by atoms with E-state index in [4.69, 9.17) is 0 Å². The number of nitrogens with zero attached hydrogens (tertiary/aromatic N) is 4. The second-order valence-corrected chi connectivity index (χ2v) is 8.09. The van der Waals surface area contributed by atoms with Crippen molar-refractivity contribution in [1.29, 1.82) is 0 Å². The van der Waals surface area contributed by atoms with E-state index in [-0.39, 0.29) is 23.4 Å². The highest BCUT2D eigenvalue weighted by atomic mass is 79.9. The number of nitro benzene ring substituents is 2. The van der Waals surface area contributed by atoms with Crippen LogP contribution in [0.2, 0.25) is 0 Å². The molecule has 0 N–H and O–H groups in total. The summed E-state index contributed by atoms with van der Waals surface area (Å²) in [7, 11) is 0. The highest BCUT2D eigenvalue weighted by Crippen LogP contribution is 2.33. The third-order valence-electron chi connectivity index (χ3n) is 5.09. The fourth-order valence-electron chi connectivity index (χ4n) is 3.52. The van der Waals surface area contributed by atoms with Crippen LogP contribution in [0.4, 0.5) is 11.4 Å². The summed E-state index contributed by atoms with van der Waals surface area (Å²) in [6.45, 7) is -0.256. The lowest BCUT2D eigenvalue weighted by atomic mass is 10.1. The molecular weight excluding hydrogens is 512 g/mol. The van der Waals surface area contributed by atoms with E-state index in [1.165, 1.54) is 30.3 Å². The predicted molar refractivity (Wildman–Crippen MR) is 121 cm³/mol. The summed E-state index contributed by atoms with van der Waals surface area (Å²) in [5.41, 5.74) is -1.17. The van der Waals surface area contributed by atoms with E-state index in [9.17, 15) is 34.6 Å². The summed E-state index contributed by atoms with van der Waals surface area (Å²) in [5.74, 6) is -2.83. The Labute approximate surface area is 199 Å². The number of carbonyl (C=O) groups excluding carboxylic acids is 3. The highest BCUT2D eigenvalue weighted by Gasteiger charge is 2.45. The molecule has 0 saturated heterocycles. The van der Waals surface area contributed by atoms with Crippen LogP contribution in [0.1, 0.15) is 36.6 Å². The fraction of sp³-hybridized carbons (Fsp3) is 0.0455. The van der Waals surface area contributed by atoms with Gasteiger partial charge in [-0.3, -0.25) is 34.6 Å². The summed E-state index contributed by atoms with van der Waals surface area (Å²) in [6.07, 6.45) is 0. The van der Waals surface area contributed by atoms with E-state index in [1.807, 2.05) is 0 Å². The van der Waals surface area contributed by atoms with Crippen LogP contribution in [0, 0.1) is 20.2 Å². The van der Waals surface area contributed by atoms with Gasteiger partial charge in [-0.05, 0) is 29.8 Å². The molecule has 3 amide bonds. The van der Waals surface area contributed by atoms with E-state index in [2.05, 4.69) is 15.9 Å². The number of nitro groups is 2. The van der Waals surface area contributed by atoms with Gasteiger partial charge in [0.05, 0.1) is 22.0 Å². The Hall–Kier alpha value is -4.45. The Morgan fingerprint density at radius 2 is 1.59 bits per heavy atom. The molecule has 1 heterocycles. The van der Waals surface area contributed by atoms with Gasteiger partial charge in [-0.25, -0.2) is 5.01 Å². The minimum atomic E-state index is -1.04. The Kier molecular flexibility index (Phi) is 5.90. The molecule has 34 heavy (non-hydrogen) atoms. The van der Waals surface area contributed by atoms with Crippen LogP contribution in [0.25, 0.3) is 0 Å². The van der Waals surface area contributed by atoms with Gasteiger partial charge >= 0.3 is 0 Å². The van der Waals surface area contributed by atoms with Crippen molar-refractivity contribution in [3.05, 3.63) is 114 Å². The lowest BCUT2D eigenvalue weighted by Gasteiger charge is -2.30. The zero-order valence-corrected chi connectivity index (χ0v) is 18.7. The molecule has 0 radical (unpaired) electrons. The van der Waals surface area contributed by atoms with E-state index >= 15 is 0 Å². The van der Waals surface area contributed by atoms with Crippen molar-refractivity contribution < 1.29 is 24.2 Å². The highest BCUT2D eigenvalue weighted by molar-refractivity contribution is 9.10. The summed E-state index contributed by atoms with van der Waals surface area (Å²) in [4.78, 5) is 61.0. The molecule has 1 aliphatic rings. The van der Waals surface area contributed by atoms with Gasteiger partial charge in [0, 0.05) is 28.2 Å². The topological polar surface area (TPSA) is 144 Å². The van der Waals surface area contributed by atoms with Crippen molar-refractivity contribution in [3.8, 4) is 0 Å². The summed E-state index contributed by atoms with van der Waals surface area (Å²) in [6, 6.07) is 15.1. The molecule has 0 aliphatic carbocycles.